The highest BCUT2D eigenvalue weighted by atomic mass is 35.5. The van der Waals surface area contributed by atoms with Crippen molar-refractivity contribution in [3.63, 3.8) is 0 Å². The molecule has 1 aromatic rings. The van der Waals surface area contributed by atoms with E-state index in [0.717, 1.165) is 25.1 Å². The van der Waals surface area contributed by atoms with Crippen LogP contribution in [0.3, 0.4) is 0 Å². The molecule has 0 radical (unpaired) electrons. The van der Waals surface area contributed by atoms with Crippen molar-refractivity contribution >= 4 is 23.2 Å². The van der Waals surface area contributed by atoms with Crippen molar-refractivity contribution in [1.29, 1.82) is 0 Å². The molecule has 0 spiro atoms. The summed E-state index contributed by atoms with van der Waals surface area (Å²) in [6, 6.07) is 5.65. The van der Waals surface area contributed by atoms with Crippen LogP contribution in [0.25, 0.3) is 0 Å². The van der Waals surface area contributed by atoms with Crippen LogP contribution in [-0.4, -0.2) is 20.2 Å². The third kappa shape index (κ3) is 3.35. The van der Waals surface area contributed by atoms with Gasteiger partial charge in [-0.05, 0) is 43.7 Å². The van der Waals surface area contributed by atoms with E-state index >= 15 is 0 Å². The molecular formula is C13H17Cl2NO. The monoisotopic (exact) mass is 273 g/mol. The quantitative estimate of drug-likeness (QED) is 0.907. The fourth-order valence-electron chi connectivity index (χ4n) is 2.42. The number of benzene rings is 1. The van der Waals surface area contributed by atoms with E-state index in [2.05, 4.69) is 5.32 Å². The minimum atomic E-state index is 0.104. The minimum Gasteiger partial charge on any atom is -0.373 e. The van der Waals surface area contributed by atoms with E-state index in [-0.39, 0.29) is 6.10 Å². The van der Waals surface area contributed by atoms with E-state index in [1.165, 1.54) is 6.42 Å². The number of rotatable bonds is 3. The predicted octanol–water partition coefficient (Wildman–Crippen LogP) is 3.68. The average Bonchev–Trinajstić information content (AvgIpc) is 2.29. The molecule has 1 saturated heterocycles. The van der Waals surface area contributed by atoms with E-state index < -0.39 is 0 Å². The molecule has 1 aliphatic rings. The highest BCUT2D eigenvalue weighted by Gasteiger charge is 2.27. The molecule has 2 nitrogen and oxygen atoms in total. The third-order valence-corrected chi connectivity index (χ3v) is 3.56. The molecule has 0 bridgehead atoms. The van der Waals surface area contributed by atoms with Gasteiger partial charge in [0.25, 0.3) is 0 Å². The SMILES string of the molecule is CNCC1CCCOC1c1cc(Cl)cc(Cl)c1. The van der Waals surface area contributed by atoms with Crippen LogP contribution in [-0.2, 0) is 4.74 Å². The van der Waals surface area contributed by atoms with Gasteiger partial charge in [0.1, 0.15) is 0 Å². The molecule has 0 amide bonds. The van der Waals surface area contributed by atoms with Gasteiger partial charge in [0, 0.05) is 29.1 Å². The van der Waals surface area contributed by atoms with Crippen LogP contribution in [0.2, 0.25) is 10.0 Å². The van der Waals surface area contributed by atoms with Gasteiger partial charge in [0.05, 0.1) is 6.10 Å². The van der Waals surface area contributed by atoms with Gasteiger partial charge in [0.15, 0.2) is 0 Å². The zero-order valence-electron chi connectivity index (χ0n) is 9.88. The first-order valence-corrected chi connectivity index (χ1v) is 6.68. The highest BCUT2D eigenvalue weighted by molar-refractivity contribution is 6.34. The Hall–Kier alpha value is -0.280. The molecule has 1 aliphatic heterocycles. The van der Waals surface area contributed by atoms with Crippen molar-refractivity contribution in [2.75, 3.05) is 20.2 Å². The van der Waals surface area contributed by atoms with Gasteiger partial charge in [-0.3, -0.25) is 0 Å². The lowest BCUT2D eigenvalue weighted by molar-refractivity contribution is -0.0272. The number of halogens is 2. The standard InChI is InChI=1S/C13H17Cl2NO/c1-16-8-9-3-2-4-17-13(9)10-5-11(14)7-12(15)6-10/h5-7,9,13,16H,2-4,8H2,1H3. The topological polar surface area (TPSA) is 21.3 Å². The first-order chi connectivity index (χ1) is 8.20. The zero-order valence-corrected chi connectivity index (χ0v) is 11.4. The van der Waals surface area contributed by atoms with Crippen LogP contribution in [0.4, 0.5) is 0 Å². The molecule has 1 aromatic carbocycles. The van der Waals surface area contributed by atoms with E-state index in [1.807, 2.05) is 19.2 Å². The van der Waals surface area contributed by atoms with Crippen molar-refractivity contribution in [2.45, 2.75) is 18.9 Å². The van der Waals surface area contributed by atoms with E-state index in [0.29, 0.717) is 16.0 Å². The van der Waals surface area contributed by atoms with Crippen LogP contribution in [0, 0.1) is 5.92 Å². The first kappa shape index (κ1) is 13.2. The van der Waals surface area contributed by atoms with Gasteiger partial charge in [-0.15, -0.1) is 0 Å². The van der Waals surface area contributed by atoms with Crippen LogP contribution in [0.15, 0.2) is 18.2 Å². The summed E-state index contributed by atoms with van der Waals surface area (Å²) in [5.41, 5.74) is 1.09. The second-order valence-electron chi connectivity index (χ2n) is 4.45. The Morgan fingerprint density at radius 2 is 2.00 bits per heavy atom. The molecule has 0 aromatic heterocycles. The molecule has 4 heteroatoms. The van der Waals surface area contributed by atoms with Crippen molar-refractivity contribution in [3.8, 4) is 0 Å². The Labute approximate surface area is 112 Å². The zero-order chi connectivity index (χ0) is 12.3. The number of ether oxygens (including phenoxy) is 1. The van der Waals surface area contributed by atoms with E-state index in [4.69, 9.17) is 27.9 Å². The third-order valence-electron chi connectivity index (χ3n) is 3.12. The Morgan fingerprint density at radius 3 is 2.65 bits per heavy atom. The second-order valence-corrected chi connectivity index (χ2v) is 5.33. The summed E-state index contributed by atoms with van der Waals surface area (Å²) in [5.74, 6) is 0.489. The summed E-state index contributed by atoms with van der Waals surface area (Å²) < 4.78 is 5.88. The number of nitrogens with one attached hydrogen (secondary N) is 1. The summed E-state index contributed by atoms with van der Waals surface area (Å²) in [4.78, 5) is 0. The lowest BCUT2D eigenvalue weighted by Gasteiger charge is -2.32. The highest BCUT2D eigenvalue weighted by Crippen LogP contribution is 2.35. The molecule has 1 N–H and O–H groups in total. The van der Waals surface area contributed by atoms with Crippen LogP contribution < -0.4 is 5.32 Å². The van der Waals surface area contributed by atoms with Crippen molar-refractivity contribution < 1.29 is 4.74 Å². The maximum atomic E-state index is 6.04. The molecule has 2 atom stereocenters. The molecule has 2 unspecified atom stereocenters. The van der Waals surface area contributed by atoms with Crippen LogP contribution in [0.5, 0.6) is 0 Å². The molecule has 17 heavy (non-hydrogen) atoms. The molecule has 1 fully saturated rings. The first-order valence-electron chi connectivity index (χ1n) is 5.93. The average molecular weight is 274 g/mol. The summed E-state index contributed by atoms with van der Waals surface area (Å²) in [6.45, 7) is 1.77. The van der Waals surface area contributed by atoms with Crippen molar-refractivity contribution in [1.82, 2.24) is 5.32 Å². The summed E-state index contributed by atoms with van der Waals surface area (Å²) >= 11 is 12.1. The van der Waals surface area contributed by atoms with Crippen molar-refractivity contribution in [3.05, 3.63) is 33.8 Å². The van der Waals surface area contributed by atoms with Crippen molar-refractivity contribution in [2.24, 2.45) is 5.92 Å². The minimum absolute atomic E-state index is 0.104. The Bertz CT molecular complexity index is 361. The summed E-state index contributed by atoms with van der Waals surface area (Å²) in [7, 11) is 1.97. The van der Waals surface area contributed by atoms with E-state index in [1.54, 1.807) is 6.07 Å². The fourth-order valence-corrected chi connectivity index (χ4v) is 2.97. The van der Waals surface area contributed by atoms with Gasteiger partial charge >= 0.3 is 0 Å². The second kappa shape index (κ2) is 6.05. The molecule has 94 valence electrons. The molecule has 0 saturated carbocycles. The van der Waals surface area contributed by atoms with Gasteiger partial charge in [0.2, 0.25) is 0 Å². The molecule has 1 heterocycles. The lowest BCUT2D eigenvalue weighted by Crippen LogP contribution is -2.30. The number of hydrogen-bond donors (Lipinski definition) is 1. The van der Waals surface area contributed by atoms with Crippen LogP contribution >= 0.6 is 23.2 Å². The molecule has 0 aliphatic carbocycles. The normalized spacial score (nSPS) is 24.9. The number of hydrogen-bond acceptors (Lipinski definition) is 2. The van der Waals surface area contributed by atoms with E-state index in [9.17, 15) is 0 Å². The summed E-state index contributed by atoms with van der Waals surface area (Å²) in [6.07, 6.45) is 2.40. The van der Waals surface area contributed by atoms with Gasteiger partial charge < -0.3 is 10.1 Å². The van der Waals surface area contributed by atoms with Gasteiger partial charge in [-0.25, -0.2) is 0 Å². The van der Waals surface area contributed by atoms with Gasteiger partial charge in [-0.1, -0.05) is 23.2 Å². The molecule has 2 rings (SSSR count). The maximum Gasteiger partial charge on any atom is 0.0866 e. The lowest BCUT2D eigenvalue weighted by atomic mass is 9.89. The van der Waals surface area contributed by atoms with Gasteiger partial charge in [-0.2, -0.15) is 0 Å². The Kier molecular flexibility index (Phi) is 4.69. The Balaban J connectivity index is 2.22. The predicted molar refractivity (Wildman–Crippen MR) is 71.8 cm³/mol. The molecular weight excluding hydrogens is 257 g/mol. The smallest absolute Gasteiger partial charge is 0.0866 e. The van der Waals surface area contributed by atoms with Crippen LogP contribution in [0.1, 0.15) is 24.5 Å². The largest absolute Gasteiger partial charge is 0.373 e. The fraction of sp³-hybridized carbons (Fsp3) is 0.538. The Morgan fingerprint density at radius 1 is 1.29 bits per heavy atom. The maximum absolute atomic E-state index is 6.04. The summed E-state index contributed by atoms with van der Waals surface area (Å²) in [5, 5.41) is 4.56.